The van der Waals surface area contributed by atoms with Crippen molar-refractivity contribution in [3.63, 3.8) is 0 Å². The molecule has 4 nitrogen and oxygen atoms in total. The molecule has 0 fully saturated rings. The molecule has 0 amide bonds. The lowest BCUT2D eigenvalue weighted by molar-refractivity contribution is 0.0526. The van der Waals surface area contributed by atoms with Crippen molar-refractivity contribution in [1.82, 2.24) is 0 Å². The van der Waals surface area contributed by atoms with E-state index in [0.29, 0.717) is 24.7 Å². The molecule has 0 radical (unpaired) electrons. The molecule has 0 atom stereocenters. The third-order valence-electron chi connectivity index (χ3n) is 5.08. The highest BCUT2D eigenvalue weighted by atomic mass is 19.1. The van der Waals surface area contributed by atoms with Gasteiger partial charge in [0.2, 0.25) is 5.90 Å². The topological polar surface area (TPSA) is 47.9 Å². The van der Waals surface area contributed by atoms with Crippen molar-refractivity contribution >= 4 is 11.9 Å². The standard InChI is InChI=1S/C26H24FNO3/c1-4-30-25(29)19-8-5-7-18(15-19)22-10-6-9-21(17-11-13-20(27)14-12-17)23(22)24-28-26(2,3)16-31-24/h5-15H,4,16H2,1-3H3. The molecular formula is C26H24FNO3. The van der Waals surface area contributed by atoms with Crippen molar-refractivity contribution in [3.8, 4) is 22.3 Å². The predicted molar refractivity (Wildman–Crippen MR) is 120 cm³/mol. The van der Waals surface area contributed by atoms with E-state index in [1.165, 1.54) is 12.1 Å². The van der Waals surface area contributed by atoms with Gasteiger partial charge in [0, 0.05) is 0 Å². The molecule has 31 heavy (non-hydrogen) atoms. The van der Waals surface area contributed by atoms with Crippen LogP contribution in [-0.2, 0) is 9.47 Å². The molecule has 0 aliphatic carbocycles. The van der Waals surface area contributed by atoms with E-state index in [9.17, 15) is 9.18 Å². The van der Waals surface area contributed by atoms with Crippen molar-refractivity contribution in [1.29, 1.82) is 0 Å². The molecule has 158 valence electrons. The fourth-order valence-corrected chi connectivity index (χ4v) is 3.63. The summed E-state index contributed by atoms with van der Waals surface area (Å²) in [5.41, 5.74) is 4.43. The lowest BCUT2D eigenvalue weighted by atomic mass is 9.91. The van der Waals surface area contributed by atoms with Crippen molar-refractivity contribution in [2.45, 2.75) is 26.3 Å². The third kappa shape index (κ3) is 4.36. The Morgan fingerprint density at radius 3 is 2.35 bits per heavy atom. The van der Waals surface area contributed by atoms with Gasteiger partial charge in [-0.2, -0.15) is 0 Å². The number of ether oxygens (including phenoxy) is 2. The Bertz CT molecular complexity index is 1150. The zero-order chi connectivity index (χ0) is 22.0. The molecule has 0 unspecified atom stereocenters. The second-order valence-electron chi connectivity index (χ2n) is 8.05. The SMILES string of the molecule is CCOC(=O)c1cccc(-c2cccc(-c3ccc(F)cc3)c2C2=NC(C)(C)CO2)c1. The first kappa shape index (κ1) is 20.8. The van der Waals surface area contributed by atoms with Gasteiger partial charge < -0.3 is 9.47 Å². The Morgan fingerprint density at radius 1 is 1.03 bits per heavy atom. The minimum absolute atomic E-state index is 0.292. The quantitative estimate of drug-likeness (QED) is 0.486. The number of benzene rings is 3. The summed E-state index contributed by atoms with van der Waals surface area (Å²) in [7, 11) is 0. The average Bonchev–Trinajstić information content (AvgIpc) is 3.13. The van der Waals surface area contributed by atoms with E-state index in [2.05, 4.69) is 0 Å². The van der Waals surface area contributed by atoms with Crippen molar-refractivity contribution in [3.05, 3.63) is 83.7 Å². The van der Waals surface area contributed by atoms with Crippen LogP contribution in [0.3, 0.4) is 0 Å². The Morgan fingerprint density at radius 2 is 1.71 bits per heavy atom. The monoisotopic (exact) mass is 417 g/mol. The number of carbonyl (C=O) groups is 1. The van der Waals surface area contributed by atoms with Gasteiger partial charge in [0.1, 0.15) is 12.4 Å². The van der Waals surface area contributed by atoms with E-state index in [1.807, 2.05) is 50.2 Å². The van der Waals surface area contributed by atoms with E-state index in [1.54, 1.807) is 25.1 Å². The molecule has 0 spiro atoms. The van der Waals surface area contributed by atoms with Crippen LogP contribution in [0.1, 0.15) is 36.7 Å². The van der Waals surface area contributed by atoms with Crippen LogP contribution < -0.4 is 0 Å². The molecule has 0 saturated carbocycles. The molecule has 4 rings (SSSR count). The van der Waals surface area contributed by atoms with Gasteiger partial charge in [0.15, 0.2) is 0 Å². The smallest absolute Gasteiger partial charge is 0.338 e. The van der Waals surface area contributed by atoms with Crippen LogP contribution in [0.15, 0.2) is 71.7 Å². The molecule has 1 heterocycles. The van der Waals surface area contributed by atoms with E-state index < -0.39 is 0 Å². The van der Waals surface area contributed by atoms with Gasteiger partial charge in [-0.1, -0.05) is 42.5 Å². The first-order valence-corrected chi connectivity index (χ1v) is 10.3. The lowest BCUT2D eigenvalue weighted by Crippen LogP contribution is -2.17. The van der Waals surface area contributed by atoms with Gasteiger partial charge in [-0.25, -0.2) is 14.2 Å². The zero-order valence-electron chi connectivity index (χ0n) is 17.8. The summed E-state index contributed by atoms with van der Waals surface area (Å²) in [5, 5.41) is 0. The molecule has 0 saturated heterocycles. The number of rotatable bonds is 5. The van der Waals surface area contributed by atoms with Gasteiger partial charge in [0.25, 0.3) is 0 Å². The highest BCUT2D eigenvalue weighted by Crippen LogP contribution is 2.36. The van der Waals surface area contributed by atoms with Crippen molar-refractivity contribution < 1.29 is 18.7 Å². The van der Waals surface area contributed by atoms with Crippen LogP contribution in [-0.4, -0.2) is 30.6 Å². The van der Waals surface area contributed by atoms with Crippen LogP contribution in [0, 0.1) is 5.82 Å². The summed E-state index contributed by atoms with van der Waals surface area (Å²) >= 11 is 0. The maximum Gasteiger partial charge on any atom is 0.338 e. The molecule has 5 heteroatoms. The predicted octanol–water partition coefficient (Wildman–Crippen LogP) is 5.89. The number of aliphatic imine (C=N–C) groups is 1. The maximum atomic E-state index is 13.5. The normalized spacial score (nSPS) is 14.6. The summed E-state index contributed by atoms with van der Waals surface area (Å²) in [5.74, 6) is -0.114. The maximum absolute atomic E-state index is 13.5. The Kier molecular flexibility index (Phi) is 5.59. The van der Waals surface area contributed by atoms with Gasteiger partial charge in [-0.15, -0.1) is 0 Å². The van der Waals surface area contributed by atoms with E-state index in [0.717, 1.165) is 27.8 Å². The summed E-state index contributed by atoms with van der Waals surface area (Å²) in [6.07, 6.45) is 0. The molecule has 1 aliphatic heterocycles. The van der Waals surface area contributed by atoms with Crippen LogP contribution in [0.5, 0.6) is 0 Å². The molecule has 0 aromatic heterocycles. The molecule has 3 aromatic rings. The van der Waals surface area contributed by atoms with Gasteiger partial charge in [-0.05, 0) is 67.3 Å². The fourth-order valence-electron chi connectivity index (χ4n) is 3.63. The first-order valence-electron chi connectivity index (χ1n) is 10.3. The van der Waals surface area contributed by atoms with Crippen LogP contribution in [0.4, 0.5) is 4.39 Å². The van der Waals surface area contributed by atoms with E-state index >= 15 is 0 Å². The number of nitrogens with zero attached hydrogens (tertiary/aromatic N) is 1. The Balaban J connectivity index is 1.91. The summed E-state index contributed by atoms with van der Waals surface area (Å²) < 4.78 is 24.7. The third-order valence-corrected chi connectivity index (χ3v) is 5.08. The summed E-state index contributed by atoms with van der Waals surface area (Å²) in [6.45, 7) is 6.60. The highest BCUT2D eigenvalue weighted by molar-refractivity contribution is 6.08. The number of carbonyl (C=O) groups excluding carboxylic acids is 1. The molecule has 1 aliphatic rings. The number of hydrogen-bond acceptors (Lipinski definition) is 4. The lowest BCUT2D eigenvalue weighted by Gasteiger charge is -2.16. The minimum Gasteiger partial charge on any atom is -0.475 e. The molecule has 0 bridgehead atoms. The average molecular weight is 417 g/mol. The summed E-state index contributed by atoms with van der Waals surface area (Å²) in [4.78, 5) is 17.1. The van der Waals surface area contributed by atoms with Crippen LogP contribution in [0.2, 0.25) is 0 Å². The number of hydrogen-bond donors (Lipinski definition) is 0. The molecular weight excluding hydrogens is 393 g/mol. The van der Waals surface area contributed by atoms with E-state index in [-0.39, 0.29) is 17.3 Å². The Labute approximate surface area is 181 Å². The molecule has 0 N–H and O–H groups in total. The Hall–Kier alpha value is -3.47. The summed E-state index contributed by atoms with van der Waals surface area (Å²) in [6, 6.07) is 19.6. The molecule has 3 aromatic carbocycles. The van der Waals surface area contributed by atoms with Gasteiger partial charge >= 0.3 is 5.97 Å². The van der Waals surface area contributed by atoms with Gasteiger partial charge in [0.05, 0.1) is 23.3 Å². The minimum atomic E-state index is -0.365. The van der Waals surface area contributed by atoms with Crippen LogP contribution in [0.25, 0.3) is 22.3 Å². The fraction of sp³-hybridized carbons (Fsp3) is 0.231. The van der Waals surface area contributed by atoms with Crippen molar-refractivity contribution in [2.75, 3.05) is 13.2 Å². The number of esters is 1. The van der Waals surface area contributed by atoms with Crippen molar-refractivity contribution in [2.24, 2.45) is 4.99 Å². The zero-order valence-corrected chi connectivity index (χ0v) is 17.8. The van der Waals surface area contributed by atoms with Gasteiger partial charge in [-0.3, -0.25) is 0 Å². The first-order chi connectivity index (χ1) is 14.9. The number of halogens is 1. The van der Waals surface area contributed by atoms with Crippen LogP contribution >= 0.6 is 0 Å². The largest absolute Gasteiger partial charge is 0.475 e. The second kappa shape index (κ2) is 8.34. The highest BCUT2D eigenvalue weighted by Gasteiger charge is 2.30. The van der Waals surface area contributed by atoms with E-state index in [4.69, 9.17) is 14.5 Å². The second-order valence-corrected chi connectivity index (χ2v) is 8.05.